The molecule has 5 nitrogen and oxygen atoms in total. The van der Waals surface area contributed by atoms with Crippen molar-refractivity contribution in [3.8, 4) is 0 Å². The van der Waals surface area contributed by atoms with Gasteiger partial charge in [-0.1, -0.05) is 13.8 Å². The average Bonchev–Trinajstić information content (AvgIpc) is 2.95. The van der Waals surface area contributed by atoms with Gasteiger partial charge < -0.3 is 0 Å². The van der Waals surface area contributed by atoms with Gasteiger partial charge in [0.2, 0.25) is 5.91 Å². The molecule has 0 spiro atoms. The smallest absolute Gasteiger partial charge is 0.246 e. The summed E-state index contributed by atoms with van der Waals surface area (Å²) in [6, 6.07) is 0. The molecule has 1 N–H and O–H groups in total. The first-order valence-electron chi connectivity index (χ1n) is 6.46. The molecule has 0 aliphatic heterocycles. The minimum Gasteiger partial charge on any atom is -0.297 e. The van der Waals surface area contributed by atoms with Crippen LogP contribution in [0.1, 0.15) is 32.4 Å². The number of hydrogen-bond donors (Lipinski definition) is 1. The van der Waals surface area contributed by atoms with E-state index in [0.717, 1.165) is 23.5 Å². The van der Waals surface area contributed by atoms with Gasteiger partial charge in [0.15, 0.2) is 4.96 Å². The number of fused-ring (bicyclic) bond motifs is 1. The number of hydrogen-bond acceptors (Lipinski definition) is 4. The molecule has 0 aliphatic carbocycles. The summed E-state index contributed by atoms with van der Waals surface area (Å²) in [6.07, 6.45) is 7.94. The maximum absolute atomic E-state index is 11.7. The first kappa shape index (κ1) is 13.7. The number of thiazole rings is 1. The number of amides is 1. The predicted octanol–water partition coefficient (Wildman–Crippen LogP) is 2.48. The van der Waals surface area contributed by atoms with Crippen molar-refractivity contribution in [3.63, 3.8) is 0 Å². The third-order valence-electron chi connectivity index (χ3n) is 3.01. The first-order valence-corrected chi connectivity index (χ1v) is 7.34. The van der Waals surface area contributed by atoms with Crippen LogP contribution in [0.25, 0.3) is 4.96 Å². The summed E-state index contributed by atoms with van der Waals surface area (Å²) < 4.78 is 1.92. The van der Waals surface area contributed by atoms with E-state index in [0.29, 0.717) is 5.92 Å². The van der Waals surface area contributed by atoms with Crippen molar-refractivity contribution in [1.29, 1.82) is 0 Å². The largest absolute Gasteiger partial charge is 0.297 e. The number of carbonyl (C=O) groups is 1. The summed E-state index contributed by atoms with van der Waals surface area (Å²) in [5.74, 6) is 0.297. The molecule has 6 heteroatoms. The highest BCUT2D eigenvalue weighted by Crippen LogP contribution is 2.11. The second-order valence-corrected chi connectivity index (χ2v) is 5.26. The van der Waals surface area contributed by atoms with E-state index in [-0.39, 0.29) is 12.3 Å². The summed E-state index contributed by atoms with van der Waals surface area (Å²) in [7, 11) is 0. The Morgan fingerprint density at radius 3 is 3.05 bits per heavy atom. The molecule has 0 atom stereocenters. The van der Waals surface area contributed by atoms with Crippen LogP contribution >= 0.6 is 11.3 Å². The number of nitrogens with zero attached hydrogens (tertiary/aromatic N) is 3. The van der Waals surface area contributed by atoms with E-state index in [2.05, 4.69) is 29.4 Å². The van der Waals surface area contributed by atoms with E-state index in [1.807, 2.05) is 28.4 Å². The van der Waals surface area contributed by atoms with Crippen LogP contribution < -0.4 is 5.43 Å². The molecule has 2 rings (SSSR count). The van der Waals surface area contributed by atoms with E-state index < -0.39 is 0 Å². The Labute approximate surface area is 116 Å². The second-order valence-electron chi connectivity index (χ2n) is 4.39. The van der Waals surface area contributed by atoms with Crippen LogP contribution in [0.4, 0.5) is 0 Å². The van der Waals surface area contributed by atoms with E-state index in [9.17, 15) is 4.79 Å². The van der Waals surface area contributed by atoms with Crippen LogP contribution in [0, 0.1) is 5.92 Å². The maximum atomic E-state index is 11.7. The lowest BCUT2D eigenvalue weighted by molar-refractivity contribution is -0.120. The monoisotopic (exact) mass is 278 g/mol. The topological polar surface area (TPSA) is 58.8 Å². The lowest BCUT2D eigenvalue weighted by Gasteiger charge is -2.04. The fraction of sp³-hybridized carbons (Fsp3) is 0.462. The number of rotatable bonds is 6. The number of hydrazone groups is 1. The van der Waals surface area contributed by atoms with Gasteiger partial charge in [-0.3, -0.25) is 9.20 Å². The average molecular weight is 278 g/mol. The Morgan fingerprint density at radius 1 is 1.58 bits per heavy atom. The molecule has 0 bridgehead atoms. The molecule has 19 heavy (non-hydrogen) atoms. The predicted molar refractivity (Wildman–Crippen MR) is 77.5 cm³/mol. The van der Waals surface area contributed by atoms with E-state index in [4.69, 9.17) is 0 Å². The van der Waals surface area contributed by atoms with Gasteiger partial charge in [0.25, 0.3) is 0 Å². The third kappa shape index (κ3) is 3.64. The van der Waals surface area contributed by atoms with E-state index >= 15 is 0 Å². The van der Waals surface area contributed by atoms with Crippen LogP contribution in [-0.4, -0.2) is 21.5 Å². The van der Waals surface area contributed by atoms with Crippen molar-refractivity contribution < 1.29 is 4.79 Å². The van der Waals surface area contributed by atoms with Gasteiger partial charge in [-0.25, -0.2) is 10.4 Å². The van der Waals surface area contributed by atoms with Crippen LogP contribution in [0.2, 0.25) is 0 Å². The molecule has 0 saturated carbocycles. The van der Waals surface area contributed by atoms with Crippen LogP contribution in [0.15, 0.2) is 22.9 Å². The van der Waals surface area contributed by atoms with Gasteiger partial charge in [-0.05, 0) is 18.8 Å². The van der Waals surface area contributed by atoms with Crippen LogP contribution in [-0.2, 0) is 11.2 Å². The van der Waals surface area contributed by atoms with Gasteiger partial charge in [0, 0.05) is 24.0 Å². The second kappa shape index (κ2) is 6.47. The highest BCUT2D eigenvalue weighted by atomic mass is 32.1. The molecule has 0 aromatic carbocycles. The van der Waals surface area contributed by atoms with Gasteiger partial charge >= 0.3 is 0 Å². The molecule has 2 aromatic heterocycles. The molecule has 1 amide bonds. The first-order chi connectivity index (χ1) is 9.22. The molecule has 2 heterocycles. The highest BCUT2D eigenvalue weighted by molar-refractivity contribution is 7.15. The quantitative estimate of drug-likeness (QED) is 0.652. The van der Waals surface area contributed by atoms with Gasteiger partial charge in [0.05, 0.1) is 12.1 Å². The molecule has 0 fully saturated rings. The number of aromatic nitrogens is 2. The minimum atomic E-state index is -0.132. The molecule has 0 unspecified atom stereocenters. The summed E-state index contributed by atoms with van der Waals surface area (Å²) in [6.45, 7) is 4.22. The van der Waals surface area contributed by atoms with Crippen molar-refractivity contribution in [3.05, 3.63) is 23.5 Å². The standard InChI is InChI=1S/C13H18N4OS/c1-3-10(4-2)8-14-16-12(18)7-11-9-17-5-6-19-13(17)15-11/h5-6,8-10H,3-4,7H2,1-2H3,(H,16,18)/b14-8-. The Kier molecular flexibility index (Phi) is 4.68. The number of nitrogens with one attached hydrogen (secondary N) is 1. The van der Waals surface area contributed by atoms with Gasteiger partial charge in [-0.2, -0.15) is 5.10 Å². The zero-order chi connectivity index (χ0) is 13.7. The lowest BCUT2D eigenvalue weighted by Crippen LogP contribution is -2.20. The third-order valence-corrected chi connectivity index (χ3v) is 3.78. The highest BCUT2D eigenvalue weighted by Gasteiger charge is 2.07. The maximum Gasteiger partial charge on any atom is 0.246 e. The van der Waals surface area contributed by atoms with Crippen molar-refractivity contribution in [2.45, 2.75) is 33.1 Å². The molecule has 0 aliphatic rings. The molecule has 2 aromatic rings. The number of imidazole rings is 1. The van der Waals surface area contributed by atoms with Crippen molar-refractivity contribution >= 4 is 28.4 Å². The Bertz CT molecular complexity index is 539. The Morgan fingerprint density at radius 2 is 2.37 bits per heavy atom. The molecule has 0 saturated heterocycles. The normalized spacial score (nSPS) is 11.7. The molecule has 102 valence electrons. The fourth-order valence-corrected chi connectivity index (χ4v) is 2.50. The Balaban J connectivity index is 1.86. The lowest BCUT2D eigenvalue weighted by atomic mass is 10.1. The number of carbonyl (C=O) groups excluding carboxylic acids is 1. The molecular formula is C13H18N4OS. The van der Waals surface area contributed by atoms with Gasteiger partial charge in [0.1, 0.15) is 0 Å². The SMILES string of the molecule is CCC(/C=N\NC(=O)Cc1cn2ccsc2n1)CC. The fourth-order valence-electron chi connectivity index (χ4n) is 1.78. The molecule has 0 radical (unpaired) electrons. The van der Waals surface area contributed by atoms with Crippen molar-refractivity contribution in [2.75, 3.05) is 0 Å². The summed E-state index contributed by atoms with van der Waals surface area (Å²) in [4.78, 5) is 17.0. The van der Waals surface area contributed by atoms with Crippen LogP contribution in [0.3, 0.4) is 0 Å². The molecular weight excluding hydrogens is 260 g/mol. The Hall–Kier alpha value is -1.69. The minimum absolute atomic E-state index is 0.132. The zero-order valence-corrected chi connectivity index (χ0v) is 12.0. The van der Waals surface area contributed by atoms with E-state index in [1.54, 1.807) is 11.3 Å². The zero-order valence-electron chi connectivity index (χ0n) is 11.2. The van der Waals surface area contributed by atoms with E-state index in [1.165, 1.54) is 0 Å². The van der Waals surface area contributed by atoms with Gasteiger partial charge in [-0.15, -0.1) is 11.3 Å². The summed E-state index contributed by atoms with van der Waals surface area (Å²) >= 11 is 1.55. The summed E-state index contributed by atoms with van der Waals surface area (Å²) in [5.41, 5.74) is 3.32. The van der Waals surface area contributed by atoms with Crippen LogP contribution in [0.5, 0.6) is 0 Å². The van der Waals surface area contributed by atoms with Crippen molar-refractivity contribution in [2.24, 2.45) is 11.0 Å². The van der Waals surface area contributed by atoms with Crippen molar-refractivity contribution in [1.82, 2.24) is 14.8 Å². The summed E-state index contributed by atoms with van der Waals surface area (Å²) in [5, 5.41) is 5.96.